The first kappa shape index (κ1) is 15.1. The van der Waals surface area contributed by atoms with Crippen molar-refractivity contribution in [1.82, 2.24) is 0 Å². The van der Waals surface area contributed by atoms with Crippen molar-refractivity contribution in [2.45, 2.75) is 26.7 Å². The van der Waals surface area contributed by atoms with Crippen LogP contribution in [0.15, 0.2) is 48.5 Å². The van der Waals surface area contributed by atoms with Gasteiger partial charge >= 0.3 is 0 Å². The largest absolute Gasteiger partial charge is 0.491 e. The van der Waals surface area contributed by atoms with Gasteiger partial charge in [0.25, 0.3) is 5.91 Å². The second kappa shape index (κ2) is 7.48. The lowest BCUT2D eigenvalue weighted by Crippen LogP contribution is -2.13. The summed E-state index contributed by atoms with van der Waals surface area (Å²) in [4.78, 5) is 12.3. The molecule has 0 unspecified atom stereocenters. The molecule has 21 heavy (non-hydrogen) atoms. The van der Waals surface area contributed by atoms with Gasteiger partial charge in [0.05, 0.1) is 12.3 Å². The molecule has 0 fully saturated rings. The molecule has 0 bridgehead atoms. The molecule has 0 aliphatic rings. The first-order chi connectivity index (χ1) is 10.2. The Morgan fingerprint density at radius 2 is 1.76 bits per heavy atom. The highest BCUT2D eigenvalue weighted by atomic mass is 16.5. The molecule has 0 radical (unpaired) electrons. The second-order valence-corrected chi connectivity index (χ2v) is 4.85. The van der Waals surface area contributed by atoms with E-state index >= 15 is 0 Å². The lowest BCUT2D eigenvalue weighted by molar-refractivity contribution is 0.102. The van der Waals surface area contributed by atoms with Gasteiger partial charge in [-0.3, -0.25) is 4.79 Å². The molecule has 1 amide bonds. The number of aryl methyl sites for hydroxylation is 1. The molecule has 2 rings (SSSR count). The van der Waals surface area contributed by atoms with Gasteiger partial charge in [-0.05, 0) is 42.7 Å². The highest BCUT2D eigenvalue weighted by molar-refractivity contribution is 6.05. The van der Waals surface area contributed by atoms with Gasteiger partial charge in [-0.2, -0.15) is 0 Å². The number of para-hydroxylation sites is 2. The van der Waals surface area contributed by atoms with Crippen LogP contribution in [0.4, 0.5) is 5.69 Å². The summed E-state index contributed by atoms with van der Waals surface area (Å²) in [7, 11) is 0. The first-order valence-corrected chi connectivity index (χ1v) is 7.36. The number of amides is 1. The van der Waals surface area contributed by atoms with E-state index < -0.39 is 0 Å². The third kappa shape index (κ3) is 4.09. The Labute approximate surface area is 126 Å². The number of nitrogens with one attached hydrogen (secondary N) is 1. The number of carbonyl (C=O) groups excluding carboxylic acids is 1. The lowest BCUT2D eigenvalue weighted by Gasteiger charge is -2.12. The molecule has 0 saturated carbocycles. The third-order valence-electron chi connectivity index (χ3n) is 3.22. The van der Waals surface area contributed by atoms with Crippen molar-refractivity contribution >= 4 is 11.6 Å². The van der Waals surface area contributed by atoms with Crippen LogP contribution in [0, 0.1) is 0 Å². The average molecular weight is 283 g/mol. The summed E-state index contributed by atoms with van der Waals surface area (Å²) in [5.74, 6) is 0.586. The standard InChI is InChI=1S/C18H21NO2/c1-3-13-21-17-8-6-5-7-16(17)19-18(20)15-11-9-14(4-2)10-12-15/h5-12H,3-4,13H2,1-2H3,(H,19,20). The van der Waals surface area contributed by atoms with E-state index in [0.717, 1.165) is 12.8 Å². The maximum atomic E-state index is 12.3. The summed E-state index contributed by atoms with van der Waals surface area (Å²) in [5.41, 5.74) is 2.58. The number of hydrogen-bond donors (Lipinski definition) is 1. The van der Waals surface area contributed by atoms with Crippen LogP contribution >= 0.6 is 0 Å². The Balaban J connectivity index is 2.11. The second-order valence-electron chi connectivity index (χ2n) is 4.85. The summed E-state index contributed by atoms with van der Waals surface area (Å²) in [6, 6.07) is 15.2. The van der Waals surface area contributed by atoms with Crippen molar-refractivity contribution in [3.05, 3.63) is 59.7 Å². The van der Waals surface area contributed by atoms with E-state index in [1.54, 1.807) is 0 Å². The predicted molar refractivity (Wildman–Crippen MR) is 86.0 cm³/mol. The summed E-state index contributed by atoms with van der Waals surface area (Å²) in [5, 5.41) is 2.91. The fourth-order valence-electron chi connectivity index (χ4n) is 1.99. The number of carbonyl (C=O) groups is 1. The molecule has 0 saturated heterocycles. The van der Waals surface area contributed by atoms with Crippen molar-refractivity contribution in [3.63, 3.8) is 0 Å². The Morgan fingerprint density at radius 3 is 2.43 bits per heavy atom. The zero-order chi connectivity index (χ0) is 15.1. The molecule has 0 aromatic heterocycles. The highest BCUT2D eigenvalue weighted by Gasteiger charge is 2.09. The monoisotopic (exact) mass is 283 g/mol. The zero-order valence-electron chi connectivity index (χ0n) is 12.6. The lowest BCUT2D eigenvalue weighted by atomic mass is 10.1. The van der Waals surface area contributed by atoms with E-state index in [9.17, 15) is 4.79 Å². The van der Waals surface area contributed by atoms with Crippen molar-refractivity contribution in [2.75, 3.05) is 11.9 Å². The van der Waals surface area contributed by atoms with Crippen LogP contribution in [0.2, 0.25) is 0 Å². The van der Waals surface area contributed by atoms with E-state index in [1.807, 2.05) is 48.5 Å². The molecular formula is C18H21NO2. The average Bonchev–Trinajstić information content (AvgIpc) is 2.54. The van der Waals surface area contributed by atoms with E-state index in [1.165, 1.54) is 5.56 Å². The number of hydrogen-bond acceptors (Lipinski definition) is 2. The maximum Gasteiger partial charge on any atom is 0.255 e. The minimum atomic E-state index is -0.120. The van der Waals surface area contributed by atoms with Gasteiger partial charge in [0.1, 0.15) is 5.75 Å². The maximum absolute atomic E-state index is 12.3. The zero-order valence-corrected chi connectivity index (χ0v) is 12.6. The fourth-order valence-corrected chi connectivity index (χ4v) is 1.99. The molecule has 0 aliphatic carbocycles. The Morgan fingerprint density at radius 1 is 1.05 bits per heavy atom. The summed E-state index contributed by atoms with van der Waals surface area (Å²) < 4.78 is 5.64. The van der Waals surface area contributed by atoms with Gasteiger partial charge < -0.3 is 10.1 Å². The number of benzene rings is 2. The molecular weight excluding hydrogens is 262 g/mol. The van der Waals surface area contributed by atoms with Crippen molar-refractivity contribution in [2.24, 2.45) is 0 Å². The van der Waals surface area contributed by atoms with Crippen LogP contribution in [0.25, 0.3) is 0 Å². The quantitative estimate of drug-likeness (QED) is 0.858. The van der Waals surface area contributed by atoms with Gasteiger partial charge in [-0.1, -0.05) is 38.1 Å². The molecule has 0 atom stereocenters. The van der Waals surface area contributed by atoms with Crippen LogP contribution in [0.1, 0.15) is 36.2 Å². The Kier molecular flexibility index (Phi) is 5.38. The molecule has 110 valence electrons. The smallest absolute Gasteiger partial charge is 0.255 e. The van der Waals surface area contributed by atoms with Crippen LogP contribution in [-0.4, -0.2) is 12.5 Å². The van der Waals surface area contributed by atoms with E-state index in [2.05, 4.69) is 19.2 Å². The van der Waals surface area contributed by atoms with E-state index in [-0.39, 0.29) is 5.91 Å². The predicted octanol–water partition coefficient (Wildman–Crippen LogP) is 4.29. The third-order valence-corrected chi connectivity index (χ3v) is 3.22. The highest BCUT2D eigenvalue weighted by Crippen LogP contribution is 2.24. The normalized spacial score (nSPS) is 10.2. The van der Waals surface area contributed by atoms with Crippen LogP contribution < -0.4 is 10.1 Å². The Bertz CT molecular complexity index is 590. The SMILES string of the molecule is CCCOc1ccccc1NC(=O)c1ccc(CC)cc1. The molecule has 2 aromatic rings. The van der Waals surface area contributed by atoms with Crippen LogP contribution in [-0.2, 0) is 6.42 Å². The molecule has 3 nitrogen and oxygen atoms in total. The van der Waals surface area contributed by atoms with Gasteiger partial charge in [0, 0.05) is 5.56 Å². The van der Waals surface area contributed by atoms with Gasteiger partial charge in [0.2, 0.25) is 0 Å². The molecule has 2 aromatic carbocycles. The van der Waals surface area contributed by atoms with Crippen molar-refractivity contribution in [1.29, 1.82) is 0 Å². The van der Waals surface area contributed by atoms with Crippen molar-refractivity contribution < 1.29 is 9.53 Å². The fraction of sp³-hybridized carbons (Fsp3) is 0.278. The van der Waals surface area contributed by atoms with Gasteiger partial charge in [-0.25, -0.2) is 0 Å². The van der Waals surface area contributed by atoms with Crippen LogP contribution in [0.5, 0.6) is 5.75 Å². The summed E-state index contributed by atoms with van der Waals surface area (Å²) in [6.45, 7) is 4.78. The number of rotatable bonds is 6. The first-order valence-electron chi connectivity index (χ1n) is 7.36. The van der Waals surface area contributed by atoms with Crippen LogP contribution in [0.3, 0.4) is 0 Å². The molecule has 0 spiro atoms. The van der Waals surface area contributed by atoms with Gasteiger partial charge in [-0.15, -0.1) is 0 Å². The number of ether oxygens (including phenoxy) is 1. The summed E-state index contributed by atoms with van der Waals surface area (Å²) in [6.07, 6.45) is 1.90. The topological polar surface area (TPSA) is 38.3 Å². The van der Waals surface area contributed by atoms with Gasteiger partial charge in [0.15, 0.2) is 0 Å². The molecule has 3 heteroatoms. The minimum absolute atomic E-state index is 0.120. The van der Waals surface area contributed by atoms with E-state index in [4.69, 9.17) is 4.74 Å². The molecule has 0 aliphatic heterocycles. The Hall–Kier alpha value is -2.29. The molecule has 1 N–H and O–H groups in total. The van der Waals surface area contributed by atoms with Crippen molar-refractivity contribution in [3.8, 4) is 5.75 Å². The minimum Gasteiger partial charge on any atom is -0.491 e. The number of anilines is 1. The summed E-state index contributed by atoms with van der Waals surface area (Å²) >= 11 is 0. The molecule has 0 heterocycles. The van der Waals surface area contributed by atoms with E-state index in [0.29, 0.717) is 23.6 Å².